The molecule has 0 saturated carbocycles. The summed E-state index contributed by atoms with van der Waals surface area (Å²) in [6, 6.07) is 11.7. The van der Waals surface area contributed by atoms with Crippen molar-refractivity contribution in [2.45, 2.75) is 20.8 Å². The van der Waals surface area contributed by atoms with E-state index in [1.807, 2.05) is 18.2 Å². The van der Waals surface area contributed by atoms with Crippen molar-refractivity contribution < 1.29 is 5.11 Å². The molecular weight excluding hydrogens is 278 g/mol. The first-order chi connectivity index (χ1) is 10.1. The van der Waals surface area contributed by atoms with Gasteiger partial charge in [0.2, 0.25) is 0 Å². The monoisotopic (exact) mass is 295 g/mol. The summed E-state index contributed by atoms with van der Waals surface area (Å²) in [5.74, 6) is 0.273. The second-order valence-corrected chi connectivity index (χ2v) is 6.16. The van der Waals surface area contributed by atoms with Gasteiger partial charge in [0.05, 0.1) is 11.3 Å². The van der Waals surface area contributed by atoms with Crippen molar-refractivity contribution in [3.8, 4) is 27.6 Å². The van der Waals surface area contributed by atoms with Gasteiger partial charge in [-0.1, -0.05) is 18.2 Å². The van der Waals surface area contributed by atoms with Crippen LogP contribution in [0.3, 0.4) is 0 Å². The molecule has 2 nitrogen and oxygen atoms in total. The molecule has 0 aliphatic heterocycles. The molecule has 3 rings (SSSR count). The van der Waals surface area contributed by atoms with Gasteiger partial charge in [-0.25, -0.2) is 4.98 Å². The summed E-state index contributed by atoms with van der Waals surface area (Å²) >= 11 is 1.56. The number of hydrogen-bond acceptors (Lipinski definition) is 3. The zero-order valence-electron chi connectivity index (χ0n) is 12.3. The minimum Gasteiger partial charge on any atom is -0.507 e. The first kappa shape index (κ1) is 13.8. The predicted molar refractivity (Wildman–Crippen MR) is 88.9 cm³/mol. The zero-order valence-corrected chi connectivity index (χ0v) is 13.2. The molecule has 0 bridgehead atoms. The van der Waals surface area contributed by atoms with E-state index in [-0.39, 0.29) is 5.75 Å². The highest BCUT2D eigenvalue weighted by molar-refractivity contribution is 7.13. The van der Waals surface area contributed by atoms with E-state index in [0.717, 1.165) is 21.8 Å². The van der Waals surface area contributed by atoms with Gasteiger partial charge in [-0.05, 0) is 55.7 Å². The Hall–Kier alpha value is -2.13. The van der Waals surface area contributed by atoms with Gasteiger partial charge in [-0.3, -0.25) is 0 Å². The van der Waals surface area contributed by atoms with Crippen molar-refractivity contribution in [2.24, 2.45) is 0 Å². The average Bonchev–Trinajstić information content (AvgIpc) is 2.92. The van der Waals surface area contributed by atoms with Gasteiger partial charge >= 0.3 is 0 Å². The molecule has 0 unspecified atom stereocenters. The van der Waals surface area contributed by atoms with Crippen molar-refractivity contribution in [1.82, 2.24) is 4.98 Å². The van der Waals surface area contributed by atoms with Gasteiger partial charge in [-0.2, -0.15) is 0 Å². The Labute approximate surface area is 128 Å². The molecule has 0 fully saturated rings. The van der Waals surface area contributed by atoms with Crippen molar-refractivity contribution in [3.63, 3.8) is 0 Å². The fraction of sp³-hybridized carbons (Fsp3) is 0.167. The van der Waals surface area contributed by atoms with Gasteiger partial charge in [0, 0.05) is 10.9 Å². The summed E-state index contributed by atoms with van der Waals surface area (Å²) in [6.45, 7) is 6.36. The summed E-state index contributed by atoms with van der Waals surface area (Å²) in [5, 5.41) is 12.8. The molecule has 0 aliphatic rings. The third-order valence-corrected chi connectivity index (χ3v) is 4.63. The van der Waals surface area contributed by atoms with Crippen LogP contribution >= 0.6 is 11.3 Å². The van der Waals surface area contributed by atoms with Crippen molar-refractivity contribution in [2.75, 3.05) is 0 Å². The average molecular weight is 295 g/mol. The fourth-order valence-electron chi connectivity index (χ4n) is 2.41. The highest BCUT2D eigenvalue weighted by Gasteiger charge is 2.12. The Morgan fingerprint density at radius 3 is 2.38 bits per heavy atom. The maximum atomic E-state index is 9.95. The van der Waals surface area contributed by atoms with Gasteiger partial charge < -0.3 is 5.11 Å². The Morgan fingerprint density at radius 1 is 0.905 bits per heavy atom. The molecular formula is C18H17NOS. The molecule has 0 saturated heterocycles. The van der Waals surface area contributed by atoms with Crippen LogP contribution in [0.15, 0.2) is 41.8 Å². The van der Waals surface area contributed by atoms with E-state index in [0.29, 0.717) is 0 Å². The quantitative estimate of drug-likeness (QED) is 0.713. The normalized spacial score (nSPS) is 10.8. The van der Waals surface area contributed by atoms with Gasteiger partial charge in [0.25, 0.3) is 0 Å². The van der Waals surface area contributed by atoms with E-state index in [2.05, 4.69) is 38.3 Å². The highest BCUT2D eigenvalue weighted by atomic mass is 32.1. The maximum Gasteiger partial charge on any atom is 0.127 e. The molecule has 1 aromatic heterocycles. The molecule has 0 atom stereocenters. The number of phenols is 1. The Morgan fingerprint density at radius 2 is 1.62 bits per heavy atom. The number of thiazole rings is 1. The number of phenolic OH excluding ortho intramolecular Hbond substituents is 1. The van der Waals surface area contributed by atoms with Gasteiger partial charge in [-0.15, -0.1) is 11.3 Å². The van der Waals surface area contributed by atoms with E-state index in [1.165, 1.54) is 16.7 Å². The number of aromatic hydroxyl groups is 1. The van der Waals surface area contributed by atoms with Crippen LogP contribution < -0.4 is 0 Å². The molecule has 1 heterocycles. The summed E-state index contributed by atoms with van der Waals surface area (Å²) in [6.07, 6.45) is 0. The molecule has 3 aromatic rings. The van der Waals surface area contributed by atoms with Crippen LogP contribution in [0.5, 0.6) is 5.75 Å². The Balaban J connectivity index is 2.07. The second kappa shape index (κ2) is 5.34. The van der Waals surface area contributed by atoms with E-state index >= 15 is 0 Å². The number of nitrogens with zero attached hydrogens (tertiary/aromatic N) is 1. The van der Waals surface area contributed by atoms with Crippen LogP contribution in [-0.4, -0.2) is 10.1 Å². The van der Waals surface area contributed by atoms with Gasteiger partial charge in [0.1, 0.15) is 10.8 Å². The molecule has 2 aromatic carbocycles. The van der Waals surface area contributed by atoms with E-state index in [1.54, 1.807) is 17.4 Å². The van der Waals surface area contributed by atoms with Crippen LogP contribution in [0.25, 0.3) is 21.8 Å². The van der Waals surface area contributed by atoms with E-state index in [4.69, 9.17) is 4.98 Å². The lowest BCUT2D eigenvalue weighted by Crippen LogP contribution is -1.89. The number of aromatic nitrogens is 1. The molecule has 0 amide bonds. The SMILES string of the molecule is Cc1cc(C)c(-c2csc(-c3ccccc3O)n2)cc1C. The van der Waals surface area contributed by atoms with Crippen LogP contribution in [0.1, 0.15) is 16.7 Å². The summed E-state index contributed by atoms with van der Waals surface area (Å²) in [7, 11) is 0. The largest absolute Gasteiger partial charge is 0.507 e. The zero-order chi connectivity index (χ0) is 15.0. The number of rotatable bonds is 2. The molecule has 21 heavy (non-hydrogen) atoms. The van der Waals surface area contributed by atoms with Crippen molar-refractivity contribution >= 4 is 11.3 Å². The molecule has 106 valence electrons. The Kier molecular flexibility index (Phi) is 3.52. The summed E-state index contributed by atoms with van der Waals surface area (Å²) in [5.41, 5.74) is 6.72. The third-order valence-electron chi connectivity index (χ3n) is 3.76. The smallest absolute Gasteiger partial charge is 0.127 e. The lowest BCUT2D eigenvalue weighted by molar-refractivity contribution is 0.477. The van der Waals surface area contributed by atoms with Crippen molar-refractivity contribution in [3.05, 3.63) is 58.5 Å². The lowest BCUT2D eigenvalue weighted by Gasteiger charge is -2.07. The predicted octanol–water partition coefficient (Wildman–Crippen LogP) is 5.11. The number of aryl methyl sites for hydroxylation is 3. The first-order valence-corrected chi connectivity index (χ1v) is 7.76. The number of benzene rings is 2. The van der Waals surface area contributed by atoms with E-state index < -0.39 is 0 Å². The summed E-state index contributed by atoms with van der Waals surface area (Å²) in [4.78, 5) is 4.70. The number of para-hydroxylation sites is 1. The number of hydrogen-bond donors (Lipinski definition) is 1. The molecule has 3 heteroatoms. The maximum absolute atomic E-state index is 9.95. The summed E-state index contributed by atoms with van der Waals surface area (Å²) < 4.78 is 0. The minimum atomic E-state index is 0.273. The van der Waals surface area contributed by atoms with Crippen molar-refractivity contribution in [1.29, 1.82) is 0 Å². The topological polar surface area (TPSA) is 33.1 Å². The first-order valence-electron chi connectivity index (χ1n) is 6.88. The minimum absolute atomic E-state index is 0.273. The third kappa shape index (κ3) is 2.57. The van der Waals surface area contributed by atoms with Gasteiger partial charge in [0.15, 0.2) is 0 Å². The Bertz CT molecular complexity index is 805. The molecule has 0 radical (unpaired) electrons. The van der Waals surface area contributed by atoms with E-state index in [9.17, 15) is 5.11 Å². The van der Waals surface area contributed by atoms with Crippen LogP contribution in [0.2, 0.25) is 0 Å². The van der Waals surface area contributed by atoms with Crippen LogP contribution in [0.4, 0.5) is 0 Å². The molecule has 1 N–H and O–H groups in total. The highest BCUT2D eigenvalue weighted by Crippen LogP contribution is 2.35. The molecule has 0 spiro atoms. The fourth-order valence-corrected chi connectivity index (χ4v) is 3.27. The van der Waals surface area contributed by atoms with Crippen LogP contribution in [-0.2, 0) is 0 Å². The lowest BCUT2D eigenvalue weighted by atomic mass is 9.99. The van der Waals surface area contributed by atoms with Crippen LogP contribution in [0, 0.1) is 20.8 Å². The standard InChI is InChI=1S/C18H17NOS/c1-11-8-13(3)15(9-12(11)2)16-10-21-18(19-16)14-6-4-5-7-17(14)20/h4-10,20H,1-3H3. The molecule has 0 aliphatic carbocycles. The second-order valence-electron chi connectivity index (χ2n) is 5.31.